The summed E-state index contributed by atoms with van der Waals surface area (Å²) < 4.78 is 6.00. The molecule has 4 rings (SSSR count). The molecule has 1 saturated heterocycles. The minimum absolute atomic E-state index is 0.0780. The van der Waals surface area contributed by atoms with Crippen molar-refractivity contribution in [3.05, 3.63) is 106 Å². The van der Waals surface area contributed by atoms with Crippen LogP contribution in [0.3, 0.4) is 0 Å². The van der Waals surface area contributed by atoms with Gasteiger partial charge in [-0.3, -0.25) is 9.69 Å². The summed E-state index contributed by atoms with van der Waals surface area (Å²) in [7, 11) is 0. The normalized spacial score (nSPS) is 14.8. The molecule has 160 valence electrons. The molecule has 0 aliphatic carbocycles. The Morgan fingerprint density at radius 1 is 1.00 bits per heavy atom. The highest BCUT2D eigenvalue weighted by atomic mass is 32.2. The highest BCUT2D eigenvalue weighted by Crippen LogP contribution is 2.33. The van der Waals surface area contributed by atoms with Gasteiger partial charge < -0.3 is 4.74 Å². The third-order valence-corrected chi connectivity index (χ3v) is 6.39. The van der Waals surface area contributed by atoms with Gasteiger partial charge >= 0.3 is 5.97 Å². The number of carbonyl (C=O) groups is 2. The lowest BCUT2D eigenvalue weighted by Crippen LogP contribution is -2.30. The Morgan fingerprint density at radius 3 is 2.38 bits per heavy atom. The van der Waals surface area contributed by atoms with E-state index in [0.29, 0.717) is 27.1 Å². The molecule has 6 heteroatoms. The van der Waals surface area contributed by atoms with Crippen LogP contribution in [0.15, 0.2) is 83.8 Å². The number of hydrogen-bond acceptors (Lipinski definition) is 5. The summed E-state index contributed by atoms with van der Waals surface area (Å²) in [6.45, 7) is 2.52. The number of amides is 1. The van der Waals surface area contributed by atoms with Gasteiger partial charge in [0.1, 0.15) is 10.1 Å². The monoisotopic (exact) mass is 459 g/mol. The molecule has 1 heterocycles. The molecule has 0 radical (unpaired) electrons. The standard InChI is InChI=1S/C26H21NO3S2/c1-18-7-11-21(12-8-18)25(29)30-22-13-9-20(10-14-22)17-23-24(28)27(26(31)32-23)16-15-19-5-3-2-4-6-19/h2-14,17H,15-16H2,1H3. The van der Waals surface area contributed by atoms with Crippen LogP contribution < -0.4 is 4.74 Å². The number of ether oxygens (including phenoxy) is 1. The van der Waals surface area contributed by atoms with E-state index in [1.165, 1.54) is 17.3 Å². The van der Waals surface area contributed by atoms with Crippen molar-refractivity contribution in [2.24, 2.45) is 0 Å². The fourth-order valence-electron chi connectivity index (χ4n) is 3.22. The number of rotatable bonds is 6. The lowest BCUT2D eigenvalue weighted by molar-refractivity contribution is -0.122. The Balaban J connectivity index is 1.39. The Hall–Kier alpha value is -3.22. The molecule has 0 aromatic heterocycles. The zero-order chi connectivity index (χ0) is 22.5. The fraction of sp³-hybridized carbons (Fsp3) is 0.115. The van der Waals surface area contributed by atoms with Crippen LogP contribution in [0.25, 0.3) is 6.08 Å². The van der Waals surface area contributed by atoms with Gasteiger partial charge in [0.25, 0.3) is 5.91 Å². The highest BCUT2D eigenvalue weighted by molar-refractivity contribution is 8.26. The van der Waals surface area contributed by atoms with Gasteiger partial charge in [0, 0.05) is 6.54 Å². The van der Waals surface area contributed by atoms with E-state index in [1.54, 1.807) is 29.2 Å². The minimum atomic E-state index is -0.406. The molecule has 0 bridgehead atoms. The average molecular weight is 460 g/mol. The van der Waals surface area contributed by atoms with Crippen LogP contribution in [0.1, 0.15) is 27.0 Å². The van der Waals surface area contributed by atoms with Gasteiger partial charge in [-0.25, -0.2) is 4.79 Å². The number of carbonyl (C=O) groups excluding carboxylic acids is 2. The number of hydrogen-bond donors (Lipinski definition) is 0. The van der Waals surface area contributed by atoms with Gasteiger partial charge in [-0.1, -0.05) is 84.1 Å². The van der Waals surface area contributed by atoms with Gasteiger partial charge in [0.15, 0.2) is 0 Å². The van der Waals surface area contributed by atoms with Crippen molar-refractivity contribution >= 4 is 46.3 Å². The number of thioether (sulfide) groups is 1. The molecule has 32 heavy (non-hydrogen) atoms. The second kappa shape index (κ2) is 9.94. The Bertz CT molecular complexity index is 1170. The number of esters is 1. The summed E-state index contributed by atoms with van der Waals surface area (Å²) in [5.41, 5.74) is 3.58. The number of thiocarbonyl (C=S) groups is 1. The zero-order valence-corrected chi connectivity index (χ0v) is 19.1. The third kappa shape index (κ3) is 5.33. The van der Waals surface area contributed by atoms with Crippen molar-refractivity contribution in [1.29, 1.82) is 0 Å². The van der Waals surface area contributed by atoms with Crippen molar-refractivity contribution in [2.45, 2.75) is 13.3 Å². The van der Waals surface area contributed by atoms with Gasteiger partial charge in [-0.05, 0) is 54.8 Å². The molecular weight excluding hydrogens is 438 g/mol. The largest absolute Gasteiger partial charge is 0.423 e. The SMILES string of the molecule is Cc1ccc(C(=O)Oc2ccc(C=C3SC(=S)N(CCc4ccccc4)C3=O)cc2)cc1. The van der Waals surface area contributed by atoms with Gasteiger partial charge in [-0.2, -0.15) is 0 Å². The molecule has 1 fully saturated rings. The van der Waals surface area contributed by atoms with Crippen LogP contribution in [0, 0.1) is 6.92 Å². The average Bonchev–Trinajstić information content (AvgIpc) is 3.07. The van der Waals surface area contributed by atoms with Crippen molar-refractivity contribution in [2.75, 3.05) is 6.54 Å². The Kier molecular flexibility index (Phi) is 6.83. The van der Waals surface area contributed by atoms with Crippen LogP contribution in [0.2, 0.25) is 0 Å². The smallest absolute Gasteiger partial charge is 0.343 e. The van der Waals surface area contributed by atoms with E-state index in [0.717, 1.165) is 17.5 Å². The van der Waals surface area contributed by atoms with Crippen LogP contribution in [0.5, 0.6) is 5.75 Å². The lowest BCUT2D eigenvalue weighted by atomic mass is 10.1. The number of aryl methyl sites for hydroxylation is 1. The third-order valence-electron chi connectivity index (χ3n) is 5.02. The maximum atomic E-state index is 12.8. The highest BCUT2D eigenvalue weighted by Gasteiger charge is 2.31. The topological polar surface area (TPSA) is 46.6 Å². The quantitative estimate of drug-likeness (QED) is 0.206. The number of nitrogens with zero attached hydrogens (tertiary/aromatic N) is 1. The molecule has 1 amide bonds. The molecule has 3 aromatic carbocycles. The number of benzene rings is 3. The van der Waals surface area contributed by atoms with Gasteiger partial charge in [-0.15, -0.1) is 0 Å². The fourth-order valence-corrected chi connectivity index (χ4v) is 4.53. The van der Waals surface area contributed by atoms with E-state index in [-0.39, 0.29) is 5.91 Å². The molecule has 4 nitrogen and oxygen atoms in total. The molecule has 0 saturated carbocycles. The molecular formula is C26H21NO3S2. The first-order valence-electron chi connectivity index (χ1n) is 10.2. The molecule has 1 aliphatic heterocycles. The first-order chi connectivity index (χ1) is 15.5. The Morgan fingerprint density at radius 2 is 1.69 bits per heavy atom. The summed E-state index contributed by atoms with van der Waals surface area (Å²) >= 11 is 6.73. The minimum Gasteiger partial charge on any atom is -0.423 e. The van der Waals surface area contributed by atoms with Gasteiger partial charge in [0.05, 0.1) is 10.5 Å². The van der Waals surface area contributed by atoms with Crippen LogP contribution in [-0.2, 0) is 11.2 Å². The summed E-state index contributed by atoms with van der Waals surface area (Å²) in [5, 5.41) is 0. The predicted molar refractivity (Wildman–Crippen MR) is 133 cm³/mol. The molecule has 0 unspecified atom stereocenters. The van der Waals surface area contributed by atoms with Crippen LogP contribution >= 0.6 is 24.0 Å². The summed E-state index contributed by atoms with van der Waals surface area (Å²) in [5.74, 6) is -0.0361. The molecule has 0 spiro atoms. The van der Waals surface area contributed by atoms with Crippen LogP contribution in [-0.4, -0.2) is 27.6 Å². The first-order valence-corrected chi connectivity index (χ1v) is 11.4. The predicted octanol–water partition coefficient (Wildman–Crippen LogP) is 5.66. The zero-order valence-electron chi connectivity index (χ0n) is 17.5. The van der Waals surface area contributed by atoms with E-state index in [1.807, 2.05) is 67.6 Å². The lowest BCUT2D eigenvalue weighted by Gasteiger charge is -2.14. The van der Waals surface area contributed by atoms with E-state index < -0.39 is 5.97 Å². The van der Waals surface area contributed by atoms with Crippen LogP contribution in [0.4, 0.5) is 0 Å². The first kappa shape index (κ1) is 22.0. The second-order valence-electron chi connectivity index (χ2n) is 7.39. The van der Waals surface area contributed by atoms with E-state index in [4.69, 9.17) is 17.0 Å². The summed E-state index contributed by atoms with van der Waals surface area (Å²) in [6.07, 6.45) is 2.56. The van der Waals surface area contributed by atoms with Gasteiger partial charge in [0.2, 0.25) is 0 Å². The maximum Gasteiger partial charge on any atom is 0.343 e. The van der Waals surface area contributed by atoms with Crippen molar-refractivity contribution in [3.8, 4) is 5.75 Å². The Labute approximate surface area is 196 Å². The van der Waals surface area contributed by atoms with Crippen molar-refractivity contribution in [3.63, 3.8) is 0 Å². The maximum absolute atomic E-state index is 12.8. The molecule has 1 aliphatic rings. The van der Waals surface area contributed by atoms with E-state index >= 15 is 0 Å². The second-order valence-corrected chi connectivity index (χ2v) is 9.07. The molecule has 0 atom stereocenters. The van der Waals surface area contributed by atoms with E-state index in [2.05, 4.69) is 0 Å². The van der Waals surface area contributed by atoms with E-state index in [9.17, 15) is 9.59 Å². The summed E-state index contributed by atoms with van der Waals surface area (Å²) in [4.78, 5) is 27.3. The van der Waals surface area contributed by atoms with Crippen molar-refractivity contribution in [1.82, 2.24) is 4.90 Å². The van der Waals surface area contributed by atoms with Crippen molar-refractivity contribution < 1.29 is 14.3 Å². The summed E-state index contributed by atoms with van der Waals surface area (Å²) in [6, 6.07) is 24.3. The molecule has 0 N–H and O–H groups in total. The molecule has 3 aromatic rings.